The lowest BCUT2D eigenvalue weighted by Gasteiger charge is -2.16. The highest BCUT2D eigenvalue weighted by atomic mass is 16.6. The molecule has 4 N–H and O–H groups in total. The number of anilines is 1. The lowest BCUT2D eigenvalue weighted by molar-refractivity contribution is -0.0403. The summed E-state index contributed by atoms with van der Waals surface area (Å²) >= 11 is 0. The highest BCUT2D eigenvalue weighted by molar-refractivity contribution is 5.23. The molecule has 94 valence electrons. The van der Waals surface area contributed by atoms with E-state index < -0.39 is 30.2 Å². The SMILES string of the molecule is CC[C@H]1O[C@@H](n2ccc(N)nc2=O)C(O)[C@H]1O. The average molecular weight is 241 g/mol. The maximum atomic E-state index is 11.6. The van der Waals surface area contributed by atoms with Gasteiger partial charge in [0.2, 0.25) is 0 Å². The highest BCUT2D eigenvalue weighted by Gasteiger charge is 2.43. The Kier molecular flexibility index (Phi) is 3.14. The highest BCUT2D eigenvalue weighted by Crippen LogP contribution is 2.29. The van der Waals surface area contributed by atoms with Crippen LogP contribution in [-0.2, 0) is 4.74 Å². The Morgan fingerprint density at radius 3 is 2.76 bits per heavy atom. The van der Waals surface area contributed by atoms with E-state index in [4.69, 9.17) is 10.5 Å². The number of rotatable bonds is 2. The van der Waals surface area contributed by atoms with Crippen LogP contribution in [0.15, 0.2) is 17.1 Å². The van der Waals surface area contributed by atoms with E-state index in [2.05, 4.69) is 4.98 Å². The molecule has 17 heavy (non-hydrogen) atoms. The molecule has 7 nitrogen and oxygen atoms in total. The van der Waals surface area contributed by atoms with Crippen molar-refractivity contribution < 1.29 is 14.9 Å². The summed E-state index contributed by atoms with van der Waals surface area (Å²) < 4.78 is 6.55. The van der Waals surface area contributed by atoms with Gasteiger partial charge in [-0.3, -0.25) is 4.57 Å². The van der Waals surface area contributed by atoms with Crippen LogP contribution in [0.25, 0.3) is 0 Å². The van der Waals surface area contributed by atoms with Gasteiger partial charge in [0.1, 0.15) is 18.0 Å². The molecular formula is C10H15N3O4. The predicted octanol–water partition coefficient (Wildman–Crippen LogP) is -1.15. The van der Waals surface area contributed by atoms with E-state index in [1.54, 1.807) is 0 Å². The molecule has 4 atom stereocenters. The molecule has 0 aromatic carbocycles. The van der Waals surface area contributed by atoms with E-state index in [1.807, 2.05) is 6.92 Å². The summed E-state index contributed by atoms with van der Waals surface area (Å²) in [4.78, 5) is 15.1. The third kappa shape index (κ3) is 2.04. The quantitative estimate of drug-likeness (QED) is 0.603. The van der Waals surface area contributed by atoms with Gasteiger partial charge in [0.15, 0.2) is 6.23 Å². The fraction of sp³-hybridized carbons (Fsp3) is 0.600. The lowest BCUT2D eigenvalue weighted by Crippen LogP contribution is -2.35. The van der Waals surface area contributed by atoms with E-state index in [0.29, 0.717) is 6.42 Å². The van der Waals surface area contributed by atoms with Crippen molar-refractivity contribution in [1.29, 1.82) is 0 Å². The second-order valence-corrected chi connectivity index (χ2v) is 4.00. The molecule has 1 aromatic rings. The molecular weight excluding hydrogens is 226 g/mol. The van der Waals surface area contributed by atoms with Crippen LogP contribution in [0.2, 0.25) is 0 Å². The van der Waals surface area contributed by atoms with Crippen LogP contribution in [0, 0.1) is 0 Å². The lowest BCUT2D eigenvalue weighted by atomic mass is 10.1. The Hall–Kier alpha value is -1.44. The number of aliphatic hydroxyl groups excluding tert-OH is 2. The van der Waals surface area contributed by atoms with Crippen molar-refractivity contribution in [1.82, 2.24) is 9.55 Å². The summed E-state index contributed by atoms with van der Waals surface area (Å²) in [5.41, 5.74) is 4.75. The van der Waals surface area contributed by atoms with E-state index >= 15 is 0 Å². The van der Waals surface area contributed by atoms with Crippen molar-refractivity contribution in [2.24, 2.45) is 0 Å². The molecule has 0 aliphatic carbocycles. The van der Waals surface area contributed by atoms with Crippen LogP contribution in [0.3, 0.4) is 0 Å². The maximum Gasteiger partial charge on any atom is 0.351 e. The second kappa shape index (κ2) is 4.44. The van der Waals surface area contributed by atoms with Gasteiger partial charge in [-0.25, -0.2) is 4.79 Å². The second-order valence-electron chi connectivity index (χ2n) is 4.00. The van der Waals surface area contributed by atoms with Gasteiger partial charge in [-0.2, -0.15) is 4.98 Å². The smallest absolute Gasteiger partial charge is 0.351 e. The Balaban J connectivity index is 2.32. The molecule has 0 radical (unpaired) electrons. The Bertz CT molecular complexity index is 461. The molecule has 0 bridgehead atoms. The molecule has 0 spiro atoms. The largest absolute Gasteiger partial charge is 0.388 e. The number of nitrogens with zero attached hydrogens (tertiary/aromatic N) is 2. The fourth-order valence-corrected chi connectivity index (χ4v) is 1.92. The van der Waals surface area contributed by atoms with E-state index in [1.165, 1.54) is 12.3 Å². The van der Waals surface area contributed by atoms with Crippen molar-refractivity contribution in [3.63, 3.8) is 0 Å². The molecule has 2 rings (SSSR count). The molecule has 0 saturated carbocycles. The predicted molar refractivity (Wildman–Crippen MR) is 59.1 cm³/mol. The fourth-order valence-electron chi connectivity index (χ4n) is 1.92. The van der Waals surface area contributed by atoms with Crippen molar-refractivity contribution in [2.45, 2.75) is 37.9 Å². The van der Waals surface area contributed by atoms with E-state index in [9.17, 15) is 15.0 Å². The first-order chi connectivity index (χ1) is 8.04. The van der Waals surface area contributed by atoms with Gasteiger partial charge < -0.3 is 20.7 Å². The summed E-state index contributed by atoms with van der Waals surface area (Å²) in [5.74, 6) is 0.103. The topological polar surface area (TPSA) is 111 Å². The summed E-state index contributed by atoms with van der Waals surface area (Å²) in [6.07, 6.45) is -1.62. The third-order valence-corrected chi connectivity index (χ3v) is 2.87. The average Bonchev–Trinajstić information content (AvgIpc) is 2.57. The van der Waals surface area contributed by atoms with Gasteiger partial charge in [-0.05, 0) is 12.5 Å². The number of aromatic nitrogens is 2. The molecule has 1 saturated heterocycles. The van der Waals surface area contributed by atoms with Gasteiger partial charge in [0.05, 0.1) is 6.10 Å². The first kappa shape index (κ1) is 12.0. The molecule has 1 fully saturated rings. The van der Waals surface area contributed by atoms with E-state index in [0.717, 1.165) is 4.57 Å². The molecule has 0 amide bonds. The summed E-state index contributed by atoms with van der Waals surface area (Å²) in [7, 11) is 0. The van der Waals surface area contributed by atoms with Crippen LogP contribution in [-0.4, -0.2) is 38.1 Å². The van der Waals surface area contributed by atoms with Crippen LogP contribution < -0.4 is 11.4 Å². The molecule has 2 heterocycles. The molecule has 1 aromatic heterocycles. The Labute approximate surface area is 97.5 Å². The standard InChI is InChI=1S/C10H15N3O4/c1-2-5-7(14)8(15)9(17-5)13-4-3-6(11)12-10(13)16/h3-5,7-9,14-15H,2H2,1H3,(H2,11,12,16)/t5-,7+,8?,9-/m1/s1. The van der Waals surface area contributed by atoms with Crippen molar-refractivity contribution in [3.05, 3.63) is 22.7 Å². The monoisotopic (exact) mass is 241 g/mol. The molecule has 1 aliphatic heterocycles. The van der Waals surface area contributed by atoms with Gasteiger partial charge >= 0.3 is 5.69 Å². The summed E-state index contributed by atoms with van der Waals surface area (Å²) in [6.45, 7) is 1.83. The van der Waals surface area contributed by atoms with Crippen molar-refractivity contribution in [3.8, 4) is 0 Å². The first-order valence-electron chi connectivity index (χ1n) is 5.41. The van der Waals surface area contributed by atoms with Crippen molar-refractivity contribution in [2.75, 3.05) is 5.73 Å². The number of hydrogen-bond acceptors (Lipinski definition) is 6. The van der Waals surface area contributed by atoms with Gasteiger partial charge in [-0.1, -0.05) is 6.92 Å². The first-order valence-corrected chi connectivity index (χ1v) is 5.41. The summed E-state index contributed by atoms with van der Waals surface area (Å²) in [5, 5.41) is 19.5. The van der Waals surface area contributed by atoms with Crippen LogP contribution in [0.4, 0.5) is 5.82 Å². The number of hydrogen-bond donors (Lipinski definition) is 3. The van der Waals surface area contributed by atoms with Gasteiger partial charge in [0, 0.05) is 6.20 Å². The minimum Gasteiger partial charge on any atom is -0.388 e. The van der Waals surface area contributed by atoms with E-state index in [-0.39, 0.29) is 5.82 Å². The molecule has 7 heteroatoms. The Morgan fingerprint density at radius 2 is 2.24 bits per heavy atom. The van der Waals surface area contributed by atoms with Gasteiger partial charge in [-0.15, -0.1) is 0 Å². The zero-order valence-corrected chi connectivity index (χ0v) is 9.35. The number of nitrogens with two attached hydrogens (primary N) is 1. The zero-order chi connectivity index (χ0) is 12.6. The third-order valence-electron chi connectivity index (χ3n) is 2.87. The Morgan fingerprint density at radius 1 is 1.53 bits per heavy atom. The minimum atomic E-state index is -1.15. The zero-order valence-electron chi connectivity index (χ0n) is 9.35. The van der Waals surface area contributed by atoms with Crippen LogP contribution >= 0.6 is 0 Å². The number of nitrogen functional groups attached to an aromatic ring is 1. The normalized spacial score (nSPS) is 32.9. The molecule has 1 unspecified atom stereocenters. The summed E-state index contributed by atoms with van der Waals surface area (Å²) in [6, 6.07) is 1.43. The number of aliphatic hydroxyl groups is 2. The van der Waals surface area contributed by atoms with Crippen LogP contribution in [0.5, 0.6) is 0 Å². The maximum absolute atomic E-state index is 11.6. The van der Waals surface area contributed by atoms with Crippen molar-refractivity contribution >= 4 is 5.82 Å². The minimum absolute atomic E-state index is 0.103. The van der Waals surface area contributed by atoms with Crippen LogP contribution in [0.1, 0.15) is 19.6 Å². The number of ether oxygens (including phenoxy) is 1. The van der Waals surface area contributed by atoms with Gasteiger partial charge in [0.25, 0.3) is 0 Å². The molecule has 1 aliphatic rings.